The zero-order chi connectivity index (χ0) is 15.7. The van der Waals surface area contributed by atoms with Gasteiger partial charge in [0.25, 0.3) is 0 Å². The summed E-state index contributed by atoms with van der Waals surface area (Å²) in [7, 11) is 0. The van der Waals surface area contributed by atoms with Crippen molar-refractivity contribution in [3.05, 3.63) is 29.8 Å². The van der Waals surface area contributed by atoms with Crippen LogP contribution in [0.1, 0.15) is 46.5 Å². The lowest BCUT2D eigenvalue weighted by Gasteiger charge is -2.34. The van der Waals surface area contributed by atoms with E-state index >= 15 is 0 Å². The molecule has 0 atom stereocenters. The summed E-state index contributed by atoms with van der Waals surface area (Å²) in [5, 5.41) is 0.169. The van der Waals surface area contributed by atoms with Crippen molar-refractivity contribution in [2.45, 2.75) is 45.8 Å². The van der Waals surface area contributed by atoms with Crippen LogP contribution < -0.4 is 0 Å². The van der Waals surface area contributed by atoms with Crippen molar-refractivity contribution in [3.8, 4) is 0 Å². The van der Waals surface area contributed by atoms with Crippen LogP contribution in [0.2, 0.25) is 0 Å². The third-order valence-corrected chi connectivity index (χ3v) is 4.53. The van der Waals surface area contributed by atoms with Crippen LogP contribution in [0.15, 0.2) is 29.2 Å². The molecule has 0 unspecified atom stereocenters. The zero-order valence-corrected chi connectivity index (χ0v) is 14.3. The van der Waals surface area contributed by atoms with E-state index in [1.54, 1.807) is 0 Å². The van der Waals surface area contributed by atoms with E-state index in [0.29, 0.717) is 13.2 Å². The molecule has 1 aliphatic rings. The number of carbonyl (C=O) groups excluding carboxylic acids is 1. The lowest BCUT2D eigenvalue weighted by molar-refractivity contribution is -0.226. The van der Waals surface area contributed by atoms with Crippen molar-refractivity contribution < 1.29 is 14.3 Å². The predicted molar refractivity (Wildman–Crippen MR) is 85.2 cm³/mol. The van der Waals surface area contributed by atoms with E-state index < -0.39 is 0 Å². The SMILES string of the molecule is CC1(C)COC(c2ccc(SC(=O)C(C)(C)C)cc2)OC1. The van der Waals surface area contributed by atoms with Crippen LogP contribution in [0.5, 0.6) is 0 Å². The van der Waals surface area contributed by atoms with E-state index in [-0.39, 0.29) is 22.2 Å². The summed E-state index contributed by atoms with van der Waals surface area (Å²) >= 11 is 1.29. The number of hydrogen-bond donors (Lipinski definition) is 0. The quantitative estimate of drug-likeness (QED) is 0.758. The summed E-state index contributed by atoms with van der Waals surface area (Å²) in [6.45, 7) is 11.4. The molecule has 0 radical (unpaired) electrons. The topological polar surface area (TPSA) is 35.5 Å². The Morgan fingerprint density at radius 1 is 1.14 bits per heavy atom. The molecule has 4 heteroatoms. The van der Waals surface area contributed by atoms with Crippen molar-refractivity contribution in [3.63, 3.8) is 0 Å². The third-order valence-electron chi connectivity index (χ3n) is 3.23. The van der Waals surface area contributed by atoms with E-state index in [2.05, 4.69) is 13.8 Å². The zero-order valence-electron chi connectivity index (χ0n) is 13.4. The maximum absolute atomic E-state index is 12.0. The molecule has 1 aliphatic heterocycles. The number of carbonyl (C=O) groups is 1. The Hall–Kier alpha value is -0.840. The second-order valence-corrected chi connectivity index (χ2v) is 8.37. The minimum Gasteiger partial charge on any atom is -0.348 e. The second kappa shape index (κ2) is 6.11. The average molecular weight is 308 g/mol. The molecule has 0 bridgehead atoms. The Morgan fingerprint density at radius 2 is 1.67 bits per heavy atom. The number of thioether (sulfide) groups is 1. The van der Waals surface area contributed by atoms with E-state index in [1.807, 2.05) is 45.0 Å². The molecule has 3 nitrogen and oxygen atoms in total. The molecule has 2 rings (SSSR count). The van der Waals surface area contributed by atoms with Gasteiger partial charge in [0.1, 0.15) is 0 Å². The van der Waals surface area contributed by atoms with Gasteiger partial charge in [0.2, 0.25) is 0 Å². The van der Waals surface area contributed by atoms with Crippen molar-refractivity contribution in [1.29, 1.82) is 0 Å². The van der Waals surface area contributed by atoms with Crippen LogP contribution in [0.4, 0.5) is 0 Å². The van der Waals surface area contributed by atoms with Gasteiger partial charge in [-0.05, 0) is 12.1 Å². The first kappa shape index (κ1) is 16.5. The summed E-state index contributed by atoms with van der Waals surface area (Å²) < 4.78 is 11.5. The van der Waals surface area contributed by atoms with Crippen LogP contribution >= 0.6 is 11.8 Å². The molecular weight excluding hydrogens is 284 g/mol. The Balaban J connectivity index is 1.98. The fraction of sp³-hybridized carbons (Fsp3) is 0.588. The Bertz CT molecular complexity index is 490. The largest absolute Gasteiger partial charge is 0.348 e. The summed E-state index contributed by atoms with van der Waals surface area (Å²) in [6.07, 6.45) is -0.296. The monoisotopic (exact) mass is 308 g/mol. The van der Waals surface area contributed by atoms with Crippen molar-refractivity contribution in [2.24, 2.45) is 10.8 Å². The summed E-state index contributed by atoms with van der Waals surface area (Å²) in [5.74, 6) is 0. The molecule has 0 saturated carbocycles. The Morgan fingerprint density at radius 3 is 2.14 bits per heavy atom. The lowest BCUT2D eigenvalue weighted by Crippen LogP contribution is -2.33. The van der Waals surface area contributed by atoms with E-state index in [1.165, 1.54) is 11.8 Å². The van der Waals surface area contributed by atoms with Crippen molar-refractivity contribution >= 4 is 16.9 Å². The highest BCUT2D eigenvalue weighted by molar-refractivity contribution is 8.13. The Labute approximate surface area is 131 Å². The first-order valence-electron chi connectivity index (χ1n) is 7.23. The highest BCUT2D eigenvalue weighted by atomic mass is 32.2. The standard InChI is InChI=1S/C17H24O3S/c1-16(2,3)15(18)21-13-8-6-12(7-9-13)14-19-10-17(4,5)11-20-14/h6-9,14H,10-11H2,1-5H3. The first-order valence-corrected chi connectivity index (χ1v) is 8.04. The van der Waals surface area contributed by atoms with Gasteiger partial charge in [-0.3, -0.25) is 4.79 Å². The van der Waals surface area contributed by atoms with Crippen LogP contribution in [-0.4, -0.2) is 18.3 Å². The van der Waals surface area contributed by atoms with Gasteiger partial charge < -0.3 is 9.47 Å². The number of hydrogen-bond acceptors (Lipinski definition) is 4. The third kappa shape index (κ3) is 4.56. The van der Waals surface area contributed by atoms with E-state index in [4.69, 9.17) is 9.47 Å². The van der Waals surface area contributed by atoms with Gasteiger partial charge in [-0.15, -0.1) is 0 Å². The number of benzene rings is 1. The first-order chi connectivity index (χ1) is 9.67. The molecule has 0 N–H and O–H groups in total. The number of rotatable bonds is 2. The highest BCUT2D eigenvalue weighted by Gasteiger charge is 2.29. The molecule has 0 aromatic heterocycles. The van der Waals surface area contributed by atoms with Crippen LogP contribution in [0, 0.1) is 10.8 Å². The molecule has 0 spiro atoms. The van der Waals surface area contributed by atoms with E-state index in [0.717, 1.165) is 10.5 Å². The predicted octanol–water partition coefficient (Wildman–Crippen LogP) is 4.42. The van der Waals surface area contributed by atoms with Crippen molar-refractivity contribution in [1.82, 2.24) is 0 Å². The minimum atomic E-state index is -0.329. The molecule has 1 fully saturated rings. The second-order valence-electron chi connectivity index (χ2n) is 7.33. The van der Waals surface area contributed by atoms with E-state index in [9.17, 15) is 4.79 Å². The molecule has 21 heavy (non-hydrogen) atoms. The van der Waals surface area contributed by atoms with Gasteiger partial charge in [0, 0.05) is 21.3 Å². The fourth-order valence-corrected chi connectivity index (χ4v) is 2.63. The fourth-order valence-electron chi connectivity index (χ4n) is 1.84. The molecule has 1 saturated heterocycles. The summed E-state index contributed by atoms with van der Waals surface area (Å²) in [4.78, 5) is 13.0. The summed E-state index contributed by atoms with van der Waals surface area (Å²) in [5.41, 5.74) is 0.744. The maximum Gasteiger partial charge on any atom is 0.198 e. The lowest BCUT2D eigenvalue weighted by atomic mass is 9.95. The van der Waals surface area contributed by atoms with Gasteiger partial charge in [-0.25, -0.2) is 0 Å². The van der Waals surface area contributed by atoms with Crippen LogP contribution in [0.3, 0.4) is 0 Å². The summed E-state index contributed by atoms with van der Waals surface area (Å²) in [6, 6.07) is 7.86. The van der Waals surface area contributed by atoms with Gasteiger partial charge in [0.15, 0.2) is 11.4 Å². The molecular formula is C17H24O3S. The molecule has 0 aliphatic carbocycles. The maximum atomic E-state index is 12.0. The number of ether oxygens (including phenoxy) is 2. The van der Waals surface area contributed by atoms with Gasteiger partial charge in [-0.1, -0.05) is 58.5 Å². The van der Waals surface area contributed by atoms with Gasteiger partial charge in [0.05, 0.1) is 13.2 Å². The van der Waals surface area contributed by atoms with Crippen LogP contribution in [-0.2, 0) is 14.3 Å². The normalized spacial score (nSPS) is 19.5. The smallest absolute Gasteiger partial charge is 0.198 e. The van der Waals surface area contributed by atoms with Crippen molar-refractivity contribution in [2.75, 3.05) is 13.2 Å². The highest BCUT2D eigenvalue weighted by Crippen LogP contribution is 2.33. The van der Waals surface area contributed by atoms with Gasteiger partial charge in [-0.2, -0.15) is 0 Å². The molecule has 1 aromatic carbocycles. The average Bonchev–Trinajstić information content (AvgIpc) is 2.39. The van der Waals surface area contributed by atoms with Crippen LogP contribution in [0.25, 0.3) is 0 Å². The molecule has 116 valence electrons. The molecule has 1 aromatic rings. The molecule has 1 heterocycles. The van der Waals surface area contributed by atoms with Gasteiger partial charge >= 0.3 is 0 Å². The minimum absolute atomic E-state index is 0.0748. The molecule has 0 amide bonds. The Kier molecular flexibility index (Phi) is 4.81.